The standard InChI is InChI=1S/C14H24N2O.ClH/c1-3-16(4-2)13-9-7-12(8-10-13)14(15)6-5-11-17;/h7-10,14,17H,3-6,11,15H2,1-2H3;1H/t14-;/m0./s1. The van der Waals surface area contributed by atoms with E-state index in [9.17, 15) is 0 Å². The third-order valence-corrected chi connectivity index (χ3v) is 3.12. The maximum Gasteiger partial charge on any atom is 0.0431 e. The van der Waals surface area contributed by atoms with Crippen LogP contribution in [0.2, 0.25) is 0 Å². The number of nitrogens with zero attached hydrogens (tertiary/aromatic N) is 1. The van der Waals surface area contributed by atoms with Crippen LogP contribution in [-0.2, 0) is 0 Å². The fourth-order valence-electron chi connectivity index (χ4n) is 2.00. The zero-order chi connectivity index (χ0) is 12.7. The van der Waals surface area contributed by atoms with Gasteiger partial charge < -0.3 is 15.7 Å². The van der Waals surface area contributed by atoms with Gasteiger partial charge in [-0.25, -0.2) is 0 Å². The predicted octanol–water partition coefficient (Wildman–Crippen LogP) is 2.73. The maximum atomic E-state index is 8.78. The molecule has 0 saturated carbocycles. The van der Waals surface area contributed by atoms with E-state index in [1.165, 1.54) is 5.69 Å². The van der Waals surface area contributed by atoms with Crippen molar-refractivity contribution in [3.8, 4) is 0 Å². The number of benzene rings is 1. The van der Waals surface area contributed by atoms with Gasteiger partial charge in [-0.3, -0.25) is 0 Å². The molecular weight excluding hydrogens is 248 g/mol. The lowest BCUT2D eigenvalue weighted by Gasteiger charge is -2.21. The number of rotatable bonds is 7. The first-order valence-electron chi connectivity index (χ1n) is 6.44. The van der Waals surface area contributed by atoms with E-state index in [0.29, 0.717) is 0 Å². The summed E-state index contributed by atoms with van der Waals surface area (Å²) in [4.78, 5) is 2.31. The van der Waals surface area contributed by atoms with Crippen molar-refractivity contribution in [1.29, 1.82) is 0 Å². The summed E-state index contributed by atoms with van der Waals surface area (Å²) >= 11 is 0. The van der Waals surface area contributed by atoms with E-state index in [1.54, 1.807) is 0 Å². The van der Waals surface area contributed by atoms with Gasteiger partial charge in [0.25, 0.3) is 0 Å². The van der Waals surface area contributed by atoms with E-state index < -0.39 is 0 Å². The molecule has 0 radical (unpaired) electrons. The number of anilines is 1. The first-order valence-corrected chi connectivity index (χ1v) is 6.44. The summed E-state index contributed by atoms with van der Waals surface area (Å²) in [6, 6.07) is 8.47. The quantitative estimate of drug-likeness (QED) is 0.802. The molecule has 3 N–H and O–H groups in total. The van der Waals surface area contributed by atoms with E-state index in [0.717, 1.165) is 31.5 Å². The highest BCUT2D eigenvalue weighted by Gasteiger charge is 2.06. The Morgan fingerprint density at radius 2 is 1.72 bits per heavy atom. The highest BCUT2D eigenvalue weighted by molar-refractivity contribution is 5.85. The monoisotopic (exact) mass is 272 g/mol. The van der Waals surface area contributed by atoms with Gasteiger partial charge in [0.15, 0.2) is 0 Å². The average molecular weight is 273 g/mol. The molecule has 0 aliphatic carbocycles. The molecule has 0 saturated heterocycles. The van der Waals surface area contributed by atoms with Crippen molar-refractivity contribution in [2.24, 2.45) is 5.73 Å². The van der Waals surface area contributed by atoms with Crippen LogP contribution in [0.5, 0.6) is 0 Å². The SMILES string of the molecule is CCN(CC)c1ccc([C@@H](N)CCCO)cc1.Cl. The van der Waals surface area contributed by atoms with Gasteiger partial charge in [-0.05, 0) is 44.4 Å². The Morgan fingerprint density at radius 3 is 2.17 bits per heavy atom. The number of hydrogen-bond donors (Lipinski definition) is 2. The highest BCUT2D eigenvalue weighted by Crippen LogP contribution is 2.20. The fraction of sp³-hybridized carbons (Fsp3) is 0.571. The molecule has 18 heavy (non-hydrogen) atoms. The van der Waals surface area contributed by atoms with Crippen LogP contribution in [0.15, 0.2) is 24.3 Å². The van der Waals surface area contributed by atoms with Gasteiger partial charge >= 0.3 is 0 Å². The summed E-state index contributed by atoms with van der Waals surface area (Å²) in [6.45, 7) is 6.57. The lowest BCUT2D eigenvalue weighted by Crippen LogP contribution is -2.21. The Kier molecular flexibility index (Phi) is 8.81. The molecule has 0 amide bonds. The van der Waals surface area contributed by atoms with Crippen molar-refractivity contribution in [1.82, 2.24) is 0 Å². The van der Waals surface area contributed by atoms with Gasteiger partial charge in [0.2, 0.25) is 0 Å². The second kappa shape index (κ2) is 9.20. The minimum absolute atomic E-state index is 0. The summed E-state index contributed by atoms with van der Waals surface area (Å²) in [5.41, 5.74) is 8.44. The Balaban J connectivity index is 0.00000289. The van der Waals surface area contributed by atoms with Crippen molar-refractivity contribution < 1.29 is 5.11 Å². The third kappa shape index (κ3) is 4.84. The van der Waals surface area contributed by atoms with Crippen LogP contribution in [0.4, 0.5) is 5.69 Å². The number of aliphatic hydroxyl groups excluding tert-OH is 1. The third-order valence-electron chi connectivity index (χ3n) is 3.12. The van der Waals surface area contributed by atoms with E-state index >= 15 is 0 Å². The minimum atomic E-state index is 0. The molecule has 0 aliphatic rings. The average Bonchev–Trinajstić information content (AvgIpc) is 2.38. The number of nitrogens with two attached hydrogens (primary N) is 1. The molecule has 3 nitrogen and oxygen atoms in total. The molecule has 0 bridgehead atoms. The largest absolute Gasteiger partial charge is 0.396 e. The molecule has 1 aromatic carbocycles. The Hall–Kier alpha value is -0.770. The fourth-order valence-corrected chi connectivity index (χ4v) is 2.00. The summed E-state index contributed by atoms with van der Waals surface area (Å²) < 4.78 is 0. The molecule has 4 heteroatoms. The summed E-state index contributed by atoms with van der Waals surface area (Å²) in [5.74, 6) is 0. The second-order valence-corrected chi connectivity index (χ2v) is 4.24. The van der Waals surface area contributed by atoms with Gasteiger partial charge in [-0.15, -0.1) is 12.4 Å². The van der Waals surface area contributed by atoms with Gasteiger partial charge in [-0.2, -0.15) is 0 Å². The van der Waals surface area contributed by atoms with Crippen LogP contribution in [-0.4, -0.2) is 24.8 Å². The van der Waals surface area contributed by atoms with Crippen LogP contribution in [0.1, 0.15) is 38.3 Å². The first kappa shape index (κ1) is 17.2. The van der Waals surface area contributed by atoms with Gasteiger partial charge in [0.1, 0.15) is 0 Å². The topological polar surface area (TPSA) is 49.5 Å². The molecular formula is C14H25ClN2O. The number of halogens is 1. The first-order chi connectivity index (χ1) is 8.22. The van der Waals surface area contributed by atoms with Crippen molar-refractivity contribution in [2.45, 2.75) is 32.7 Å². The molecule has 0 spiro atoms. The minimum Gasteiger partial charge on any atom is -0.396 e. The van der Waals surface area contributed by atoms with Crippen LogP contribution in [0.25, 0.3) is 0 Å². The lowest BCUT2D eigenvalue weighted by atomic mass is 10.0. The van der Waals surface area contributed by atoms with Crippen LogP contribution < -0.4 is 10.6 Å². The van der Waals surface area contributed by atoms with E-state index in [4.69, 9.17) is 10.8 Å². The Labute approximate surface area is 116 Å². The molecule has 1 rings (SSSR count). The second-order valence-electron chi connectivity index (χ2n) is 4.24. The Bertz CT molecular complexity index is 312. The molecule has 0 unspecified atom stereocenters. The van der Waals surface area contributed by atoms with Gasteiger partial charge in [-0.1, -0.05) is 12.1 Å². The maximum absolute atomic E-state index is 8.78. The van der Waals surface area contributed by atoms with E-state index in [2.05, 4.69) is 43.0 Å². The van der Waals surface area contributed by atoms with Gasteiger partial charge in [0.05, 0.1) is 0 Å². The predicted molar refractivity (Wildman–Crippen MR) is 80.5 cm³/mol. The van der Waals surface area contributed by atoms with Crippen molar-refractivity contribution >= 4 is 18.1 Å². The summed E-state index contributed by atoms with van der Waals surface area (Å²) in [5, 5.41) is 8.78. The summed E-state index contributed by atoms with van der Waals surface area (Å²) in [7, 11) is 0. The van der Waals surface area contributed by atoms with Crippen LogP contribution in [0.3, 0.4) is 0 Å². The zero-order valence-corrected chi connectivity index (χ0v) is 12.1. The molecule has 0 aromatic heterocycles. The van der Waals surface area contributed by atoms with Crippen molar-refractivity contribution in [2.75, 3.05) is 24.6 Å². The molecule has 104 valence electrons. The number of hydrogen-bond acceptors (Lipinski definition) is 3. The molecule has 1 aromatic rings. The van der Waals surface area contributed by atoms with Gasteiger partial charge in [0, 0.05) is 31.4 Å². The van der Waals surface area contributed by atoms with E-state index in [-0.39, 0.29) is 25.1 Å². The lowest BCUT2D eigenvalue weighted by molar-refractivity contribution is 0.280. The smallest absolute Gasteiger partial charge is 0.0431 e. The highest BCUT2D eigenvalue weighted by atomic mass is 35.5. The molecule has 0 heterocycles. The van der Waals surface area contributed by atoms with Crippen molar-refractivity contribution in [3.05, 3.63) is 29.8 Å². The van der Waals surface area contributed by atoms with Crippen LogP contribution >= 0.6 is 12.4 Å². The number of aliphatic hydroxyl groups is 1. The molecule has 0 aliphatic heterocycles. The summed E-state index contributed by atoms with van der Waals surface area (Å²) in [6.07, 6.45) is 1.60. The Morgan fingerprint density at radius 1 is 1.17 bits per heavy atom. The normalized spacial score (nSPS) is 11.8. The molecule has 1 atom stereocenters. The van der Waals surface area contributed by atoms with Crippen molar-refractivity contribution in [3.63, 3.8) is 0 Å². The van der Waals surface area contributed by atoms with Crippen LogP contribution in [0, 0.1) is 0 Å². The zero-order valence-electron chi connectivity index (χ0n) is 11.3. The molecule has 0 fully saturated rings. The van der Waals surface area contributed by atoms with E-state index in [1.807, 2.05) is 0 Å².